The van der Waals surface area contributed by atoms with Gasteiger partial charge in [-0.15, -0.1) is 0 Å². The lowest BCUT2D eigenvalue weighted by atomic mass is 10.0. The molecule has 0 aliphatic carbocycles. The lowest BCUT2D eigenvalue weighted by Gasteiger charge is -2.24. The minimum absolute atomic E-state index is 0.243. The summed E-state index contributed by atoms with van der Waals surface area (Å²) in [7, 11) is 0. The number of epoxide rings is 1. The van der Waals surface area contributed by atoms with E-state index in [4.69, 9.17) is 14.6 Å². The van der Waals surface area contributed by atoms with Gasteiger partial charge in [-0.25, -0.2) is 9.59 Å². The van der Waals surface area contributed by atoms with Crippen molar-refractivity contribution in [1.29, 1.82) is 0 Å². The highest BCUT2D eigenvalue weighted by molar-refractivity contribution is 5.88. The van der Waals surface area contributed by atoms with E-state index in [-0.39, 0.29) is 17.6 Å². The number of carbonyl (C=O) groups is 2. The van der Waals surface area contributed by atoms with Crippen LogP contribution in [0.4, 0.5) is 0 Å². The molecular formula is C15H22O5. The van der Waals surface area contributed by atoms with Gasteiger partial charge in [0.2, 0.25) is 0 Å². The Morgan fingerprint density at radius 2 is 1.90 bits per heavy atom. The van der Waals surface area contributed by atoms with Crippen LogP contribution in [0.5, 0.6) is 0 Å². The second-order valence-corrected chi connectivity index (χ2v) is 5.62. The number of carboxylic acid groups (broad SMARTS) is 1. The first kappa shape index (κ1) is 16.4. The fourth-order valence-electron chi connectivity index (χ4n) is 1.45. The summed E-state index contributed by atoms with van der Waals surface area (Å²) in [6, 6.07) is 0. The second kappa shape index (κ2) is 6.70. The first-order valence-electron chi connectivity index (χ1n) is 6.63. The first-order valence-corrected chi connectivity index (χ1v) is 6.63. The lowest BCUT2D eigenvalue weighted by Crippen LogP contribution is -2.28. The number of hydrogen-bond donors (Lipinski definition) is 1. The maximum atomic E-state index is 11.9. The van der Waals surface area contributed by atoms with Crippen molar-refractivity contribution in [3.05, 3.63) is 23.3 Å². The minimum atomic E-state index is -0.965. The number of ether oxygens (including phenoxy) is 2. The molecule has 1 saturated heterocycles. The molecule has 1 rings (SSSR count). The molecule has 20 heavy (non-hydrogen) atoms. The number of aliphatic carboxylic acids is 1. The Kier molecular flexibility index (Phi) is 5.51. The average Bonchev–Trinajstić information content (AvgIpc) is 3.16. The van der Waals surface area contributed by atoms with E-state index in [1.54, 1.807) is 26.8 Å². The Labute approximate surface area is 119 Å². The van der Waals surface area contributed by atoms with Gasteiger partial charge in [0.05, 0.1) is 12.7 Å². The molecule has 5 heteroatoms. The highest BCUT2D eigenvalue weighted by Crippen LogP contribution is 2.20. The Balaban J connectivity index is 2.51. The monoisotopic (exact) mass is 282 g/mol. The minimum Gasteiger partial charge on any atom is -0.478 e. The third-order valence-electron chi connectivity index (χ3n) is 3.02. The van der Waals surface area contributed by atoms with E-state index >= 15 is 0 Å². The predicted octanol–water partition coefficient (Wildman–Crippen LogP) is 2.46. The molecule has 1 aliphatic heterocycles. The van der Waals surface area contributed by atoms with Gasteiger partial charge >= 0.3 is 11.9 Å². The fraction of sp³-hybridized carbons (Fsp3) is 0.600. The third kappa shape index (κ3) is 6.02. The zero-order valence-electron chi connectivity index (χ0n) is 12.4. The number of carboxylic acids is 1. The summed E-state index contributed by atoms with van der Waals surface area (Å²) in [4.78, 5) is 22.6. The van der Waals surface area contributed by atoms with Gasteiger partial charge in [0, 0.05) is 17.6 Å². The lowest BCUT2D eigenvalue weighted by molar-refractivity contribution is -0.151. The summed E-state index contributed by atoms with van der Waals surface area (Å²) < 4.78 is 10.5. The van der Waals surface area contributed by atoms with Crippen LogP contribution in [-0.2, 0) is 19.1 Å². The first-order chi connectivity index (χ1) is 9.21. The van der Waals surface area contributed by atoms with Gasteiger partial charge in [-0.3, -0.25) is 0 Å². The van der Waals surface area contributed by atoms with Crippen molar-refractivity contribution < 1.29 is 24.2 Å². The molecule has 0 aromatic heterocycles. The van der Waals surface area contributed by atoms with Gasteiger partial charge in [-0.05, 0) is 34.1 Å². The molecule has 1 N–H and O–H groups in total. The number of rotatable bonds is 7. The van der Waals surface area contributed by atoms with E-state index in [2.05, 4.69) is 0 Å². The molecule has 1 fully saturated rings. The van der Waals surface area contributed by atoms with Crippen LogP contribution in [-0.4, -0.2) is 35.4 Å². The molecular weight excluding hydrogens is 260 g/mol. The van der Waals surface area contributed by atoms with E-state index in [0.717, 1.165) is 13.0 Å². The van der Waals surface area contributed by atoms with Crippen molar-refractivity contribution in [3.63, 3.8) is 0 Å². The van der Waals surface area contributed by atoms with Crippen molar-refractivity contribution in [2.24, 2.45) is 0 Å². The molecule has 0 radical (unpaired) electrons. The molecule has 1 aliphatic rings. The second-order valence-electron chi connectivity index (χ2n) is 5.62. The van der Waals surface area contributed by atoms with Crippen LogP contribution in [0.1, 0.15) is 40.5 Å². The van der Waals surface area contributed by atoms with Crippen molar-refractivity contribution >= 4 is 11.9 Å². The average molecular weight is 282 g/mol. The summed E-state index contributed by atoms with van der Waals surface area (Å²) in [6.07, 6.45) is 4.70. The molecule has 0 aromatic rings. The van der Waals surface area contributed by atoms with E-state index in [1.165, 1.54) is 6.92 Å². The fourth-order valence-corrected chi connectivity index (χ4v) is 1.45. The van der Waals surface area contributed by atoms with E-state index in [9.17, 15) is 9.59 Å². The molecule has 1 heterocycles. The zero-order chi connectivity index (χ0) is 15.3. The van der Waals surface area contributed by atoms with Crippen LogP contribution in [0.15, 0.2) is 23.3 Å². The van der Waals surface area contributed by atoms with Crippen LogP contribution < -0.4 is 0 Å². The van der Waals surface area contributed by atoms with E-state index in [1.807, 2.05) is 6.08 Å². The summed E-state index contributed by atoms with van der Waals surface area (Å²) in [6.45, 7) is 7.49. The van der Waals surface area contributed by atoms with Crippen molar-refractivity contribution in [2.45, 2.75) is 52.2 Å². The largest absolute Gasteiger partial charge is 0.478 e. The molecule has 112 valence electrons. The molecule has 0 amide bonds. The summed E-state index contributed by atoms with van der Waals surface area (Å²) in [5, 5.41) is 8.78. The number of carbonyl (C=O) groups excluding carboxylic acids is 1. The van der Waals surface area contributed by atoms with Crippen molar-refractivity contribution in [1.82, 2.24) is 0 Å². The highest BCUT2D eigenvalue weighted by Gasteiger charge is 2.24. The van der Waals surface area contributed by atoms with Gasteiger partial charge < -0.3 is 14.6 Å². The molecule has 1 atom stereocenters. The molecule has 1 unspecified atom stereocenters. The molecule has 0 spiro atoms. The van der Waals surface area contributed by atoms with E-state index in [0.29, 0.717) is 12.0 Å². The van der Waals surface area contributed by atoms with Gasteiger partial charge in [-0.2, -0.15) is 0 Å². The SMILES string of the molecule is CC(=CCC(C)(C)OC(=O)C(C)=CCC1CO1)C(=O)O. The van der Waals surface area contributed by atoms with Crippen molar-refractivity contribution in [3.8, 4) is 0 Å². The Morgan fingerprint density at radius 1 is 1.30 bits per heavy atom. The van der Waals surface area contributed by atoms with Crippen LogP contribution in [0, 0.1) is 0 Å². The summed E-state index contributed by atoms with van der Waals surface area (Å²) in [5.74, 6) is -1.34. The maximum Gasteiger partial charge on any atom is 0.333 e. The number of hydrogen-bond acceptors (Lipinski definition) is 4. The normalized spacial score (nSPS) is 19.7. The van der Waals surface area contributed by atoms with Crippen LogP contribution in [0.25, 0.3) is 0 Å². The predicted molar refractivity (Wildman–Crippen MR) is 74.3 cm³/mol. The van der Waals surface area contributed by atoms with Gasteiger partial charge in [0.25, 0.3) is 0 Å². The molecule has 0 saturated carbocycles. The zero-order valence-corrected chi connectivity index (χ0v) is 12.4. The van der Waals surface area contributed by atoms with Gasteiger partial charge in [-0.1, -0.05) is 12.2 Å². The van der Waals surface area contributed by atoms with Crippen LogP contribution in [0.3, 0.4) is 0 Å². The Morgan fingerprint density at radius 3 is 2.40 bits per heavy atom. The third-order valence-corrected chi connectivity index (χ3v) is 3.02. The van der Waals surface area contributed by atoms with Crippen molar-refractivity contribution in [2.75, 3.05) is 6.61 Å². The quantitative estimate of drug-likeness (QED) is 0.441. The smallest absolute Gasteiger partial charge is 0.333 e. The molecule has 0 bridgehead atoms. The molecule has 5 nitrogen and oxygen atoms in total. The standard InChI is InChI=1S/C15H22O5/c1-10(13(16)17)7-8-15(3,4)20-14(18)11(2)5-6-12-9-19-12/h5,7,12H,6,8-9H2,1-4H3,(H,16,17). The van der Waals surface area contributed by atoms with Crippen LogP contribution >= 0.6 is 0 Å². The van der Waals surface area contributed by atoms with Gasteiger partial charge in [0.1, 0.15) is 5.60 Å². The Bertz CT molecular complexity index is 441. The summed E-state index contributed by atoms with van der Waals surface area (Å²) >= 11 is 0. The highest BCUT2D eigenvalue weighted by atomic mass is 16.6. The maximum absolute atomic E-state index is 11.9. The Hall–Kier alpha value is -1.62. The molecule has 0 aromatic carbocycles. The van der Waals surface area contributed by atoms with Gasteiger partial charge in [0.15, 0.2) is 0 Å². The van der Waals surface area contributed by atoms with Crippen LogP contribution in [0.2, 0.25) is 0 Å². The topological polar surface area (TPSA) is 76.1 Å². The van der Waals surface area contributed by atoms with E-state index < -0.39 is 11.6 Å². The number of esters is 1. The summed E-state index contributed by atoms with van der Waals surface area (Å²) in [5.41, 5.74) is 0.0543.